The van der Waals surface area contributed by atoms with Crippen molar-refractivity contribution in [2.45, 2.75) is 11.2 Å². The summed E-state index contributed by atoms with van der Waals surface area (Å²) < 4.78 is 27.3. The van der Waals surface area contributed by atoms with Crippen LogP contribution in [-0.2, 0) is 6.42 Å². The molecule has 0 nitrogen and oxygen atoms in total. The van der Waals surface area contributed by atoms with Gasteiger partial charge in [0.1, 0.15) is 11.6 Å². The van der Waals surface area contributed by atoms with Gasteiger partial charge in [-0.05, 0) is 36.2 Å². The van der Waals surface area contributed by atoms with Crippen molar-refractivity contribution in [2.24, 2.45) is 0 Å². The average Bonchev–Trinajstić information content (AvgIpc) is 2.32. The molecule has 0 saturated heterocycles. The van der Waals surface area contributed by atoms with Gasteiger partial charge in [0.2, 0.25) is 0 Å². The van der Waals surface area contributed by atoms with E-state index in [0.29, 0.717) is 12.0 Å². The fraction of sp³-hybridized carbons (Fsp3) is 0.143. The van der Waals surface area contributed by atoms with Crippen molar-refractivity contribution in [1.29, 1.82) is 0 Å². The molecule has 1 unspecified atom stereocenters. The van der Waals surface area contributed by atoms with E-state index >= 15 is 0 Å². The van der Waals surface area contributed by atoms with E-state index in [2.05, 4.69) is 31.9 Å². The predicted molar refractivity (Wildman–Crippen MR) is 75.9 cm³/mol. The van der Waals surface area contributed by atoms with Gasteiger partial charge in [0, 0.05) is 14.9 Å². The van der Waals surface area contributed by atoms with Crippen molar-refractivity contribution >= 4 is 31.9 Å². The maximum atomic E-state index is 13.7. The Morgan fingerprint density at radius 2 is 1.67 bits per heavy atom. The maximum Gasteiger partial charge on any atom is 0.128 e. The highest BCUT2D eigenvalue weighted by molar-refractivity contribution is 9.11. The Morgan fingerprint density at radius 1 is 1.00 bits per heavy atom. The van der Waals surface area contributed by atoms with E-state index in [4.69, 9.17) is 0 Å². The van der Waals surface area contributed by atoms with E-state index in [1.54, 1.807) is 24.3 Å². The smallest absolute Gasteiger partial charge is 0.128 e. The highest BCUT2D eigenvalue weighted by atomic mass is 79.9. The molecule has 0 bridgehead atoms. The van der Waals surface area contributed by atoms with Crippen molar-refractivity contribution in [1.82, 2.24) is 0 Å². The zero-order valence-electron chi connectivity index (χ0n) is 9.34. The minimum Gasteiger partial charge on any atom is -0.207 e. The quantitative estimate of drug-likeness (QED) is 0.629. The minimum absolute atomic E-state index is 0.154. The second-order valence-electron chi connectivity index (χ2n) is 3.93. The molecule has 2 aromatic rings. The molecular formula is C14H10Br2F2. The van der Waals surface area contributed by atoms with Crippen LogP contribution in [0.15, 0.2) is 46.9 Å². The van der Waals surface area contributed by atoms with Crippen LogP contribution in [0, 0.1) is 11.6 Å². The fourth-order valence-electron chi connectivity index (χ4n) is 1.74. The van der Waals surface area contributed by atoms with Crippen LogP contribution in [0.4, 0.5) is 8.78 Å². The third-order valence-electron chi connectivity index (χ3n) is 2.64. The molecule has 18 heavy (non-hydrogen) atoms. The molecule has 0 heterocycles. The second kappa shape index (κ2) is 5.93. The second-order valence-corrected chi connectivity index (χ2v) is 5.89. The van der Waals surface area contributed by atoms with Gasteiger partial charge in [0.25, 0.3) is 0 Å². The van der Waals surface area contributed by atoms with Crippen LogP contribution in [0.25, 0.3) is 0 Å². The summed E-state index contributed by atoms with van der Waals surface area (Å²) >= 11 is 6.82. The normalized spacial score (nSPS) is 12.4. The van der Waals surface area contributed by atoms with E-state index in [0.717, 1.165) is 10.0 Å². The molecule has 0 fully saturated rings. The number of halogens is 4. The number of alkyl halides is 1. The van der Waals surface area contributed by atoms with Gasteiger partial charge in [-0.2, -0.15) is 0 Å². The first-order chi connectivity index (χ1) is 8.58. The van der Waals surface area contributed by atoms with E-state index in [1.165, 1.54) is 18.2 Å². The van der Waals surface area contributed by atoms with Crippen molar-refractivity contribution in [3.05, 3.63) is 69.7 Å². The molecule has 94 valence electrons. The summed E-state index contributed by atoms with van der Waals surface area (Å²) in [7, 11) is 0. The molecule has 0 radical (unpaired) electrons. The van der Waals surface area contributed by atoms with Crippen LogP contribution in [0.3, 0.4) is 0 Å². The van der Waals surface area contributed by atoms with Crippen LogP contribution in [0.1, 0.15) is 16.0 Å². The Hall–Kier alpha value is -0.740. The summed E-state index contributed by atoms with van der Waals surface area (Å²) in [5, 5.41) is 0. The van der Waals surface area contributed by atoms with Crippen LogP contribution < -0.4 is 0 Å². The molecule has 0 spiro atoms. The Labute approximate surface area is 121 Å². The number of rotatable bonds is 3. The molecule has 1 atom stereocenters. The standard InChI is InChI=1S/C14H10Br2F2/c15-11-2-1-3-13(18)14(11)12(16)8-9-4-6-10(17)7-5-9/h1-7,12H,8H2. The molecule has 0 aliphatic heterocycles. The van der Waals surface area contributed by atoms with Gasteiger partial charge in [0.15, 0.2) is 0 Å². The molecular weight excluding hydrogens is 366 g/mol. The van der Waals surface area contributed by atoms with Gasteiger partial charge in [-0.25, -0.2) is 8.78 Å². The molecule has 2 aromatic carbocycles. The van der Waals surface area contributed by atoms with Crippen LogP contribution >= 0.6 is 31.9 Å². The van der Waals surface area contributed by atoms with Crippen LogP contribution in [0.2, 0.25) is 0 Å². The van der Waals surface area contributed by atoms with Gasteiger partial charge in [0.05, 0.1) is 0 Å². The third kappa shape index (κ3) is 3.18. The number of hydrogen-bond acceptors (Lipinski definition) is 0. The van der Waals surface area contributed by atoms with E-state index in [1.807, 2.05) is 0 Å². The first kappa shape index (κ1) is 13.7. The lowest BCUT2D eigenvalue weighted by Crippen LogP contribution is -2.00. The molecule has 0 N–H and O–H groups in total. The lowest BCUT2D eigenvalue weighted by atomic mass is 10.0. The molecule has 4 heteroatoms. The number of benzene rings is 2. The zero-order chi connectivity index (χ0) is 13.1. The van der Waals surface area contributed by atoms with E-state index in [-0.39, 0.29) is 16.5 Å². The Morgan fingerprint density at radius 3 is 2.28 bits per heavy atom. The van der Waals surface area contributed by atoms with Crippen LogP contribution in [0.5, 0.6) is 0 Å². The Kier molecular flexibility index (Phi) is 4.51. The van der Waals surface area contributed by atoms with Crippen molar-refractivity contribution in [3.63, 3.8) is 0 Å². The first-order valence-electron chi connectivity index (χ1n) is 5.40. The summed E-state index contributed by atoms with van der Waals surface area (Å²) in [6.45, 7) is 0. The molecule has 2 rings (SSSR count). The predicted octanol–water partition coefficient (Wildman–Crippen LogP) is 5.41. The van der Waals surface area contributed by atoms with Crippen molar-refractivity contribution in [3.8, 4) is 0 Å². The van der Waals surface area contributed by atoms with Gasteiger partial charge >= 0.3 is 0 Å². The summed E-state index contributed by atoms with van der Waals surface area (Å²) in [5.41, 5.74) is 1.54. The monoisotopic (exact) mass is 374 g/mol. The largest absolute Gasteiger partial charge is 0.207 e. The van der Waals surface area contributed by atoms with E-state index < -0.39 is 0 Å². The third-order valence-corrected chi connectivity index (χ3v) is 4.11. The molecule has 0 aromatic heterocycles. The maximum absolute atomic E-state index is 13.7. The fourth-order valence-corrected chi connectivity index (χ4v) is 3.50. The molecule has 0 aliphatic carbocycles. The first-order valence-corrected chi connectivity index (χ1v) is 7.11. The van der Waals surface area contributed by atoms with Gasteiger partial charge in [-0.3, -0.25) is 0 Å². The SMILES string of the molecule is Fc1ccc(CC(Br)c2c(F)cccc2Br)cc1. The van der Waals surface area contributed by atoms with Gasteiger partial charge < -0.3 is 0 Å². The topological polar surface area (TPSA) is 0 Å². The summed E-state index contributed by atoms with van der Waals surface area (Å²) in [4.78, 5) is -0.154. The number of hydrogen-bond donors (Lipinski definition) is 0. The summed E-state index contributed by atoms with van der Waals surface area (Å²) in [5.74, 6) is -0.523. The summed E-state index contributed by atoms with van der Waals surface area (Å²) in [6, 6.07) is 11.1. The average molecular weight is 376 g/mol. The summed E-state index contributed by atoms with van der Waals surface area (Å²) in [6.07, 6.45) is 0.597. The Bertz CT molecular complexity index is 518. The van der Waals surface area contributed by atoms with Gasteiger partial charge in [-0.1, -0.05) is 50.1 Å². The Balaban J connectivity index is 2.22. The highest BCUT2D eigenvalue weighted by Crippen LogP contribution is 2.34. The molecule has 0 aliphatic rings. The lowest BCUT2D eigenvalue weighted by molar-refractivity contribution is 0.606. The van der Waals surface area contributed by atoms with Crippen molar-refractivity contribution in [2.75, 3.05) is 0 Å². The lowest BCUT2D eigenvalue weighted by Gasteiger charge is -2.13. The van der Waals surface area contributed by atoms with E-state index in [9.17, 15) is 8.78 Å². The van der Waals surface area contributed by atoms with Gasteiger partial charge in [-0.15, -0.1) is 0 Å². The molecule has 0 saturated carbocycles. The molecule has 0 amide bonds. The zero-order valence-corrected chi connectivity index (χ0v) is 12.5. The highest BCUT2D eigenvalue weighted by Gasteiger charge is 2.16. The van der Waals surface area contributed by atoms with Crippen molar-refractivity contribution < 1.29 is 8.78 Å². The van der Waals surface area contributed by atoms with Crippen LogP contribution in [-0.4, -0.2) is 0 Å². The minimum atomic E-state index is -0.267.